The molecule has 0 saturated heterocycles. The molecule has 0 spiro atoms. The summed E-state index contributed by atoms with van der Waals surface area (Å²) in [6.45, 7) is 10.4. The van der Waals surface area contributed by atoms with Gasteiger partial charge in [-0.1, -0.05) is 47.0 Å². The van der Waals surface area contributed by atoms with Gasteiger partial charge in [-0.15, -0.1) is 0 Å². The van der Waals surface area contributed by atoms with Crippen LogP contribution in [0.1, 0.15) is 72.6 Å². The minimum absolute atomic E-state index is 0.774. The molecule has 0 amide bonds. The van der Waals surface area contributed by atoms with Gasteiger partial charge in [-0.3, -0.25) is 0 Å². The Hall–Kier alpha value is -0.0400. The highest BCUT2D eigenvalue weighted by atomic mass is 14.9. The van der Waals surface area contributed by atoms with Crippen molar-refractivity contribution in [2.75, 3.05) is 6.54 Å². The van der Waals surface area contributed by atoms with Crippen LogP contribution in [0.2, 0.25) is 0 Å². The molecule has 0 fully saturated rings. The van der Waals surface area contributed by atoms with Gasteiger partial charge in [0, 0.05) is 6.04 Å². The molecule has 0 aromatic carbocycles. The third kappa shape index (κ3) is 7.84. The van der Waals surface area contributed by atoms with Crippen LogP contribution in [0.3, 0.4) is 0 Å². The van der Waals surface area contributed by atoms with E-state index in [1.165, 1.54) is 51.5 Å². The van der Waals surface area contributed by atoms with Crippen molar-refractivity contribution >= 4 is 0 Å². The molecule has 0 aliphatic rings. The summed E-state index contributed by atoms with van der Waals surface area (Å²) < 4.78 is 0. The highest BCUT2D eigenvalue weighted by Crippen LogP contribution is 2.17. The van der Waals surface area contributed by atoms with E-state index < -0.39 is 0 Å². The summed E-state index contributed by atoms with van der Waals surface area (Å²) >= 11 is 0. The summed E-state index contributed by atoms with van der Waals surface area (Å²) in [5.74, 6) is 0.952. The fourth-order valence-electron chi connectivity index (χ4n) is 2.18. The maximum absolute atomic E-state index is 3.67. The lowest BCUT2D eigenvalue weighted by Crippen LogP contribution is -2.30. The lowest BCUT2D eigenvalue weighted by atomic mass is 9.94. The zero-order valence-electron chi connectivity index (χ0n) is 11.3. The molecule has 0 saturated carbocycles. The molecule has 0 heterocycles. The van der Waals surface area contributed by atoms with Crippen molar-refractivity contribution in [1.82, 2.24) is 5.32 Å². The predicted molar refractivity (Wildman–Crippen MR) is 70.3 cm³/mol. The van der Waals surface area contributed by atoms with Gasteiger partial charge in [-0.2, -0.15) is 0 Å². The van der Waals surface area contributed by atoms with Crippen molar-refractivity contribution in [3.63, 3.8) is 0 Å². The van der Waals surface area contributed by atoms with Crippen LogP contribution in [0.25, 0.3) is 0 Å². The van der Waals surface area contributed by atoms with E-state index in [-0.39, 0.29) is 0 Å². The van der Waals surface area contributed by atoms with Gasteiger partial charge in [-0.25, -0.2) is 0 Å². The van der Waals surface area contributed by atoms with Crippen LogP contribution in [0.5, 0.6) is 0 Å². The first-order chi connectivity index (χ1) is 7.28. The fraction of sp³-hybridized carbons (Fsp3) is 1.00. The van der Waals surface area contributed by atoms with Crippen LogP contribution in [-0.4, -0.2) is 12.6 Å². The minimum atomic E-state index is 0.774. The van der Waals surface area contributed by atoms with Gasteiger partial charge >= 0.3 is 0 Å². The van der Waals surface area contributed by atoms with Gasteiger partial charge in [0.2, 0.25) is 0 Å². The Morgan fingerprint density at radius 1 is 0.800 bits per heavy atom. The van der Waals surface area contributed by atoms with E-state index in [1.54, 1.807) is 0 Å². The first-order valence-corrected chi connectivity index (χ1v) is 7.01. The van der Waals surface area contributed by atoms with Gasteiger partial charge in [0.05, 0.1) is 0 Å². The molecule has 1 N–H and O–H groups in total. The number of nitrogens with one attached hydrogen (secondary N) is 1. The van der Waals surface area contributed by atoms with Crippen molar-refractivity contribution in [3.05, 3.63) is 0 Å². The first kappa shape index (κ1) is 15.0. The maximum atomic E-state index is 3.67. The Kier molecular flexibility index (Phi) is 10.4. The summed E-state index contributed by atoms with van der Waals surface area (Å²) in [6.07, 6.45) is 9.40. The lowest BCUT2D eigenvalue weighted by Gasteiger charge is -2.20. The second-order valence-electron chi connectivity index (χ2n) is 4.70. The second-order valence-corrected chi connectivity index (χ2v) is 4.70. The SMILES string of the molecule is CCCNC(CCC)CCC(CC)CC. The average Bonchev–Trinajstić information content (AvgIpc) is 2.27. The van der Waals surface area contributed by atoms with Crippen LogP contribution < -0.4 is 5.32 Å². The maximum Gasteiger partial charge on any atom is 0.00670 e. The highest BCUT2D eigenvalue weighted by Gasteiger charge is 2.09. The molecule has 1 unspecified atom stereocenters. The Morgan fingerprint density at radius 3 is 1.93 bits per heavy atom. The lowest BCUT2D eigenvalue weighted by molar-refractivity contribution is 0.371. The van der Waals surface area contributed by atoms with E-state index in [2.05, 4.69) is 33.0 Å². The van der Waals surface area contributed by atoms with Gasteiger partial charge in [-0.05, 0) is 38.1 Å². The number of hydrogen-bond donors (Lipinski definition) is 1. The molecule has 0 radical (unpaired) electrons. The first-order valence-electron chi connectivity index (χ1n) is 7.01. The van der Waals surface area contributed by atoms with E-state index in [0.717, 1.165) is 12.0 Å². The molecule has 0 aliphatic heterocycles. The Morgan fingerprint density at radius 2 is 1.47 bits per heavy atom. The van der Waals surface area contributed by atoms with Crippen LogP contribution >= 0.6 is 0 Å². The molecular weight excluding hydrogens is 182 g/mol. The van der Waals surface area contributed by atoms with E-state index in [0.29, 0.717) is 0 Å². The third-order valence-corrected chi connectivity index (χ3v) is 3.40. The summed E-state index contributed by atoms with van der Waals surface area (Å²) in [6, 6.07) is 0.774. The number of rotatable bonds is 10. The fourth-order valence-corrected chi connectivity index (χ4v) is 2.18. The highest BCUT2D eigenvalue weighted by molar-refractivity contribution is 4.68. The van der Waals surface area contributed by atoms with Crippen molar-refractivity contribution < 1.29 is 0 Å². The average molecular weight is 213 g/mol. The Labute approximate surface area is 97.0 Å². The minimum Gasteiger partial charge on any atom is -0.314 e. The normalized spacial score (nSPS) is 13.4. The quantitative estimate of drug-likeness (QED) is 0.568. The molecule has 15 heavy (non-hydrogen) atoms. The third-order valence-electron chi connectivity index (χ3n) is 3.40. The molecule has 1 atom stereocenters. The standard InChI is InChI=1S/C14H31N/c1-5-9-14(15-12-6-2)11-10-13(7-3)8-4/h13-15H,5-12H2,1-4H3. The van der Waals surface area contributed by atoms with E-state index in [4.69, 9.17) is 0 Å². The van der Waals surface area contributed by atoms with Crippen molar-refractivity contribution in [2.24, 2.45) is 5.92 Å². The smallest absolute Gasteiger partial charge is 0.00670 e. The van der Waals surface area contributed by atoms with E-state index in [1.807, 2.05) is 0 Å². The van der Waals surface area contributed by atoms with Crippen LogP contribution in [0.4, 0.5) is 0 Å². The zero-order chi connectivity index (χ0) is 11.5. The van der Waals surface area contributed by atoms with Gasteiger partial charge in [0.15, 0.2) is 0 Å². The van der Waals surface area contributed by atoms with Crippen molar-refractivity contribution in [3.8, 4) is 0 Å². The molecule has 0 aliphatic carbocycles. The largest absolute Gasteiger partial charge is 0.314 e. The summed E-state index contributed by atoms with van der Waals surface area (Å²) in [4.78, 5) is 0. The van der Waals surface area contributed by atoms with Crippen molar-refractivity contribution in [1.29, 1.82) is 0 Å². The molecule has 0 rings (SSSR count). The second kappa shape index (κ2) is 10.5. The summed E-state index contributed by atoms with van der Waals surface area (Å²) in [7, 11) is 0. The molecule has 0 bridgehead atoms. The monoisotopic (exact) mass is 213 g/mol. The Balaban J connectivity index is 3.72. The summed E-state index contributed by atoms with van der Waals surface area (Å²) in [5.41, 5.74) is 0. The van der Waals surface area contributed by atoms with E-state index in [9.17, 15) is 0 Å². The van der Waals surface area contributed by atoms with Crippen molar-refractivity contribution in [2.45, 2.75) is 78.7 Å². The Bertz CT molecular complexity index is 119. The molecular formula is C14H31N. The number of hydrogen-bond acceptors (Lipinski definition) is 1. The molecule has 0 aromatic heterocycles. The molecule has 92 valence electrons. The van der Waals surface area contributed by atoms with E-state index >= 15 is 0 Å². The molecule has 0 aromatic rings. The van der Waals surface area contributed by atoms with Gasteiger partial charge < -0.3 is 5.32 Å². The van der Waals surface area contributed by atoms with Crippen LogP contribution in [0, 0.1) is 5.92 Å². The van der Waals surface area contributed by atoms with Gasteiger partial charge in [0.1, 0.15) is 0 Å². The van der Waals surface area contributed by atoms with Crippen LogP contribution in [-0.2, 0) is 0 Å². The molecule has 1 heteroatoms. The zero-order valence-corrected chi connectivity index (χ0v) is 11.3. The topological polar surface area (TPSA) is 12.0 Å². The van der Waals surface area contributed by atoms with Gasteiger partial charge in [0.25, 0.3) is 0 Å². The molecule has 1 nitrogen and oxygen atoms in total. The predicted octanol–water partition coefficient (Wildman–Crippen LogP) is 4.37. The summed E-state index contributed by atoms with van der Waals surface area (Å²) in [5, 5.41) is 3.67. The van der Waals surface area contributed by atoms with Crippen LogP contribution in [0.15, 0.2) is 0 Å².